The highest BCUT2D eigenvalue weighted by atomic mass is 16.2. The Labute approximate surface area is 157 Å². The molecule has 0 spiro atoms. The van der Waals surface area contributed by atoms with Crippen LogP contribution < -0.4 is 4.90 Å². The lowest BCUT2D eigenvalue weighted by molar-refractivity contribution is 0.0746. The third kappa shape index (κ3) is 3.51. The molecule has 8 nitrogen and oxygen atoms in total. The van der Waals surface area contributed by atoms with Crippen molar-refractivity contribution in [2.75, 3.05) is 31.1 Å². The highest BCUT2D eigenvalue weighted by Crippen LogP contribution is 2.17. The third-order valence-electron chi connectivity index (χ3n) is 4.93. The zero-order valence-electron chi connectivity index (χ0n) is 15.4. The molecule has 0 radical (unpaired) electrons. The lowest BCUT2D eigenvalue weighted by Gasteiger charge is -2.35. The minimum atomic E-state index is 0.0883. The third-order valence-corrected chi connectivity index (χ3v) is 4.93. The Morgan fingerprint density at radius 2 is 1.67 bits per heavy atom. The van der Waals surface area contributed by atoms with Gasteiger partial charge in [0.15, 0.2) is 11.6 Å². The van der Waals surface area contributed by atoms with Crippen LogP contribution in [0.4, 0.5) is 5.82 Å². The summed E-state index contributed by atoms with van der Waals surface area (Å²) in [6.07, 6.45) is 3.04. The first-order valence-electron chi connectivity index (χ1n) is 8.92. The second-order valence-corrected chi connectivity index (χ2v) is 6.67. The maximum atomic E-state index is 12.7. The highest BCUT2D eigenvalue weighted by Gasteiger charge is 2.23. The molecule has 1 fully saturated rings. The van der Waals surface area contributed by atoms with Crippen molar-refractivity contribution < 1.29 is 4.79 Å². The van der Waals surface area contributed by atoms with Gasteiger partial charge >= 0.3 is 0 Å². The molecule has 3 aromatic rings. The van der Waals surface area contributed by atoms with Crippen LogP contribution in [-0.2, 0) is 0 Å². The molecule has 0 aliphatic carbocycles. The molecular weight excluding hydrogens is 342 g/mol. The van der Waals surface area contributed by atoms with Crippen LogP contribution in [0, 0.1) is 13.8 Å². The summed E-state index contributed by atoms with van der Waals surface area (Å²) >= 11 is 0. The number of amides is 1. The summed E-state index contributed by atoms with van der Waals surface area (Å²) in [5, 5.41) is 12.5. The number of hydrogen-bond donors (Lipinski definition) is 0. The van der Waals surface area contributed by atoms with E-state index in [0.29, 0.717) is 18.9 Å². The maximum absolute atomic E-state index is 12.7. The molecule has 0 bridgehead atoms. The number of nitrogens with zero attached hydrogens (tertiary/aromatic N) is 7. The van der Waals surface area contributed by atoms with E-state index in [2.05, 4.69) is 32.1 Å². The molecule has 138 valence electrons. The smallest absolute Gasteiger partial charge is 0.253 e. The van der Waals surface area contributed by atoms with Gasteiger partial charge in [-0.1, -0.05) is 6.07 Å². The Morgan fingerprint density at radius 1 is 0.926 bits per heavy atom. The van der Waals surface area contributed by atoms with Gasteiger partial charge in [0, 0.05) is 31.7 Å². The summed E-state index contributed by atoms with van der Waals surface area (Å²) in [5.74, 6) is 1.52. The molecular formula is C19H21N7O. The molecule has 27 heavy (non-hydrogen) atoms. The summed E-state index contributed by atoms with van der Waals surface area (Å²) in [5.41, 5.74) is 3.09. The molecule has 0 N–H and O–H groups in total. The van der Waals surface area contributed by atoms with E-state index in [-0.39, 0.29) is 5.91 Å². The fraction of sp³-hybridized carbons (Fsp3) is 0.316. The van der Waals surface area contributed by atoms with Crippen LogP contribution in [0.2, 0.25) is 0 Å². The van der Waals surface area contributed by atoms with E-state index in [9.17, 15) is 4.79 Å². The second kappa shape index (κ2) is 7.14. The zero-order chi connectivity index (χ0) is 18.8. The van der Waals surface area contributed by atoms with Gasteiger partial charge in [-0.3, -0.25) is 4.79 Å². The highest BCUT2D eigenvalue weighted by molar-refractivity contribution is 5.94. The summed E-state index contributed by atoms with van der Waals surface area (Å²) in [7, 11) is 0. The summed E-state index contributed by atoms with van der Waals surface area (Å²) < 4.78 is 1.57. The van der Waals surface area contributed by atoms with Gasteiger partial charge in [-0.15, -0.1) is 10.2 Å². The van der Waals surface area contributed by atoms with Crippen LogP contribution in [0.1, 0.15) is 21.5 Å². The van der Waals surface area contributed by atoms with Gasteiger partial charge < -0.3 is 9.80 Å². The first-order valence-corrected chi connectivity index (χ1v) is 8.92. The monoisotopic (exact) mass is 363 g/mol. The van der Waals surface area contributed by atoms with Gasteiger partial charge in [-0.05, 0) is 49.2 Å². The molecule has 1 aliphatic rings. The number of rotatable bonds is 3. The molecule has 8 heteroatoms. The van der Waals surface area contributed by atoms with E-state index >= 15 is 0 Å². The minimum Gasteiger partial charge on any atom is -0.352 e. The van der Waals surface area contributed by atoms with Gasteiger partial charge in [0.05, 0.1) is 0 Å². The van der Waals surface area contributed by atoms with E-state index in [1.165, 1.54) is 11.9 Å². The van der Waals surface area contributed by atoms with Crippen LogP contribution in [-0.4, -0.2) is 61.9 Å². The van der Waals surface area contributed by atoms with Crippen molar-refractivity contribution in [1.29, 1.82) is 0 Å². The molecule has 1 aromatic carbocycles. The Kier molecular flexibility index (Phi) is 4.53. The number of anilines is 1. The number of piperazine rings is 1. The van der Waals surface area contributed by atoms with Gasteiger partial charge in [0.25, 0.3) is 5.91 Å². The van der Waals surface area contributed by atoms with Gasteiger partial charge in [0.2, 0.25) is 0 Å². The molecule has 2 aromatic heterocycles. The van der Waals surface area contributed by atoms with E-state index in [1.54, 1.807) is 11.0 Å². The SMILES string of the molecule is Cc1ccc(C(=O)N2CCN(c3ccc(-n4cncn4)nn3)CC2)cc1C. The fourth-order valence-corrected chi connectivity index (χ4v) is 3.13. The molecule has 0 unspecified atom stereocenters. The number of benzene rings is 1. The molecule has 1 saturated heterocycles. The van der Waals surface area contributed by atoms with E-state index in [1.807, 2.05) is 42.2 Å². The van der Waals surface area contributed by atoms with Crippen molar-refractivity contribution in [3.63, 3.8) is 0 Å². The largest absolute Gasteiger partial charge is 0.352 e. The Morgan fingerprint density at radius 3 is 2.30 bits per heavy atom. The van der Waals surface area contributed by atoms with E-state index < -0.39 is 0 Å². The quantitative estimate of drug-likeness (QED) is 0.704. The number of aromatic nitrogens is 5. The lowest BCUT2D eigenvalue weighted by atomic mass is 10.1. The van der Waals surface area contributed by atoms with Gasteiger partial charge in [0.1, 0.15) is 12.7 Å². The topological polar surface area (TPSA) is 80.0 Å². The molecule has 3 heterocycles. The number of aryl methyl sites for hydroxylation is 2. The standard InChI is InChI=1S/C19H21N7O/c1-14-3-4-16(11-15(14)2)19(27)25-9-7-24(8-10-25)17-5-6-18(23-22-17)26-13-20-12-21-26/h3-6,11-13H,7-10H2,1-2H3. The van der Waals surface area contributed by atoms with Gasteiger partial charge in [-0.2, -0.15) is 5.10 Å². The molecule has 1 amide bonds. The molecule has 1 aliphatic heterocycles. The van der Waals surface area contributed by atoms with Gasteiger partial charge in [-0.25, -0.2) is 9.67 Å². The van der Waals surface area contributed by atoms with Crippen molar-refractivity contribution in [2.24, 2.45) is 0 Å². The van der Waals surface area contributed by atoms with Crippen molar-refractivity contribution >= 4 is 11.7 Å². The van der Waals surface area contributed by atoms with E-state index in [0.717, 1.165) is 30.0 Å². The fourth-order valence-electron chi connectivity index (χ4n) is 3.13. The average molecular weight is 363 g/mol. The first-order chi connectivity index (χ1) is 13.1. The Hall–Kier alpha value is -3.29. The lowest BCUT2D eigenvalue weighted by Crippen LogP contribution is -2.49. The molecule has 0 saturated carbocycles. The molecule has 4 rings (SSSR count). The average Bonchev–Trinajstić information content (AvgIpc) is 3.25. The van der Waals surface area contributed by atoms with Crippen LogP contribution in [0.25, 0.3) is 5.82 Å². The van der Waals surface area contributed by atoms with Crippen molar-refractivity contribution in [1.82, 2.24) is 29.9 Å². The Balaban J connectivity index is 1.39. The van der Waals surface area contributed by atoms with Crippen LogP contribution in [0.15, 0.2) is 43.0 Å². The van der Waals surface area contributed by atoms with Crippen LogP contribution >= 0.6 is 0 Å². The summed E-state index contributed by atoms with van der Waals surface area (Å²) in [6.45, 7) is 6.88. The van der Waals surface area contributed by atoms with Crippen molar-refractivity contribution in [2.45, 2.75) is 13.8 Å². The van der Waals surface area contributed by atoms with Crippen molar-refractivity contribution in [3.8, 4) is 5.82 Å². The van der Waals surface area contributed by atoms with Crippen molar-refractivity contribution in [3.05, 3.63) is 59.7 Å². The predicted molar refractivity (Wildman–Crippen MR) is 101 cm³/mol. The summed E-state index contributed by atoms with van der Waals surface area (Å²) in [6, 6.07) is 9.67. The van der Waals surface area contributed by atoms with Crippen LogP contribution in [0.5, 0.6) is 0 Å². The number of carbonyl (C=O) groups is 1. The normalized spacial score (nSPS) is 14.4. The summed E-state index contributed by atoms with van der Waals surface area (Å²) in [4.78, 5) is 20.7. The Bertz CT molecular complexity index is 929. The van der Waals surface area contributed by atoms with E-state index in [4.69, 9.17) is 0 Å². The molecule has 0 atom stereocenters. The van der Waals surface area contributed by atoms with Crippen LogP contribution in [0.3, 0.4) is 0 Å². The number of carbonyl (C=O) groups excluding carboxylic acids is 1. The first kappa shape index (κ1) is 17.1. The second-order valence-electron chi connectivity index (χ2n) is 6.67. The zero-order valence-corrected chi connectivity index (χ0v) is 15.4. The minimum absolute atomic E-state index is 0.0883. The predicted octanol–water partition coefficient (Wildman–Crippen LogP) is 1.64. The maximum Gasteiger partial charge on any atom is 0.253 e. The number of hydrogen-bond acceptors (Lipinski definition) is 6.